The van der Waals surface area contributed by atoms with Crippen molar-refractivity contribution in [2.75, 3.05) is 18.6 Å². The van der Waals surface area contributed by atoms with Crippen LogP contribution in [0, 0.1) is 0 Å². The van der Waals surface area contributed by atoms with E-state index in [9.17, 15) is 4.79 Å². The molecule has 0 unspecified atom stereocenters. The van der Waals surface area contributed by atoms with E-state index in [4.69, 9.17) is 9.72 Å². The van der Waals surface area contributed by atoms with E-state index in [1.54, 1.807) is 37.2 Å². The van der Waals surface area contributed by atoms with Crippen molar-refractivity contribution in [2.24, 2.45) is 0 Å². The fraction of sp³-hybridized carbons (Fsp3) is 0.148. The summed E-state index contributed by atoms with van der Waals surface area (Å²) in [5.74, 6) is 2.21. The molecule has 0 saturated heterocycles. The Morgan fingerprint density at radius 2 is 1.94 bits per heavy atom. The number of anilines is 2. The molecule has 8 nitrogen and oxygen atoms in total. The van der Waals surface area contributed by atoms with Crippen LogP contribution in [0.3, 0.4) is 0 Å². The number of fused-ring (bicyclic) bond motifs is 1. The maximum Gasteiger partial charge on any atom is 0.227 e. The maximum atomic E-state index is 12.3. The third-order valence-electron chi connectivity index (χ3n) is 5.85. The number of methoxy groups -OCH3 is 1. The van der Waals surface area contributed by atoms with Crippen LogP contribution in [0.25, 0.3) is 22.2 Å². The summed E-state index contributed by atoms with van der Waals surface area (Å²) < 4.78 is 7.11. The van der Waals surface area contributed by atoms with Crippen molar-refractivity contribution in [3.63, 3.8) is 0 Å². The highest BCUT2D eigenvalue weighted by Crippen LogP contribution is 2.29. The molecule has 0 atom stereocenters. The van der Waals surface area contributed by atoms with E-state index in [2.05, 4.69) is 19.9 Å². The van der Waals surface area contributed by atoms with Gasteiger partial charge in [-0.3, -0.25) is 14.3 Å². The van der Waals surface area contributed by atoms with Crippen molar-refractivity contribution < 1.29 is 9.53 Å². The lowest BCUT2D eigenvalue weighted by Gasteiger charge is -2.23. The van der Waals surface area contributed by atoms with Gasteiger partial charge in [-0.1, -0.05) is 6.07 Å². The third kappa shape index (κ3) is 4.59. The minimum atomic E-state index is -0.0371. The Bertz CT molecular complexity index is 1470. The Hall–Kier alpha value is -4.59. The van der Waals surface area contributed by atoms with Gasteiger partial charge in [0.05, 0.1) is 18.3 Å². The molecule has 0 fully saturated rings. The highest BCUT2D eigenvalue weighted by molar-refractivity contribution is 5.94. The molecule has 4 heterocycles. The summed E-state index contributed by atoms with van der Waals surface area (Å²) in [5.41, 5.74) is 3.66. The first kappa shape index (κ1) is 22.2. The van der Waals surface area contributed by atoms with Crippen molar-refractivity contribution in [3.8, 4) is 17.0 Å². The molecule has 0 aliphatic rings. The quantitative estimate of drug-likeness (QED) is 0.337. The van der Waals surface area contributed by atoms with Crippen LogP contribution in [0.4, 0.5) is 11.6 Å². The molecule has 5 aromatic rings. The van der Waals surface area contributed by atoms with Crippen molar-refractivity contribution >= 4 is 28.4 Å². The predicted octanol–water partition coefficient (Wildman–Crippen LogP) is 4.94. The van der Waals surface area contributed by atoms with Crippen molar-refractivity contribution in [1.82, 2.24) is 24.5 Å². The number of rotatable bonds is 7. The van der Waals surface area contributed by atoms with Gasteiger partial charge in [-0.05, 0) is 60.5 Å². The van der Waals surface area contributed by atoms with Crippen LogP contribution in [0.2, 0.25) is 0 Å². The molecule has 0 saturated carbocycles. The fourth-order valence-electron chi connectivity index (χ4n) is 4.13. The van der Waals surface area contributed by atoms with Crippen LogP contribution in [0.1, 0.15) is 17.3 Å². The normalized spacial score (nSPS) is 10.9. The second kappa shape index (κ2) is 9.72. The Balaban J connectivity index is 1.52. The molecule has 0 radical (unpaired) electrons. The van der Waals surface area contributed by atoms with Gasteiger partial charge in [0.1, 0.15) is 23.7 Å². The summed E-state index contributed by atoms with van der Waals surface area (Å²) in [6, 6.07) is 17.4. The Morgan fingerprint density at radius 1 is 1.03 bits per heavy atom. The van der Waals surface area contributed by atoms with Gasteiger partial charge in [-0.25, -0.2) is 15.0 Å². The van der Waals surface area contributed by atoms with Crippen LogP contribution in [0.5, 0.6) is 5.75 Å². The van der Waals surface area contributed by atoms with Crippen LogP contribution < -0.4 is 9.64 Å². The van der Waals surface area contributed by atoms with Gasteiger partial charge < -0.3 is 9.64 Å². The monoisotopic (exact) mass is 464 g/mol. The number of pyridine rings is 2. The molecule has 0 N–H and O–H groups in total. The second-order valence-electron chi connectivity index (χ2n) is 8.02. The first-order valence-corrected chi connectivity index (χ1v) is 11.2. The number of hydrogen-bond donors (Lipinski definition) is 0. The summed E-state index contributed by atoms with van der Waals surface area (Å²) in [6.45, 7) is 2.16. The number of aromatic nitrogens is 5. The molecule has 0 bridgehead atoms. The summed E-state index contributed by atoms with van der Waals surface area (Å²) in [4.78, 5) is 32.0. The first-order valence-electron chi connectivity index (χ1n) is 11.2. The van der Waals surface area contributed by atoms with E-state index in [0.717, 1.165) is 45.1 Å². The van der Waals surface area contributed by atoms with Gasteiger partial charge in [-0.15, -0.1) is 0 Å². The third-order valence-corrected chi connectivity index (χ3v) is 5.85. The van der Waals surface area contributed by atoms with E-state index < -0.39 is 0 Å². The van der Waals surface area contributed by atoms with Crippen LogP contribution >= 0.6 is 0 Å². The molecule has 0 aliphatic carbocycles. The Labute approximate surface area is 202 Å². The minimum absolute atomic E-state index is 0.0371. The average Bonchev–Trinajstić information content (AvgIpc) is 3.28. The van der Waals surface area contributed by atoms with Gasteiger partial charge in [0.25, 0.3) is 0 Å². The molecule has 5 rings (SSSR count). The molecular formula is C27H24N6O2. The van der Waals surface area contributed by atoms with Crippen molar-refractivity contribution in [1.29, 1.82) is 0 Å². The minimum Gasteiger partial charge on any atom is -0.497 e. The molecule has 1 aromatic carbocycles. The molecule has 35 heavy (non-hydrogen) atoms. The van der Waals surface area contributed by atoms with Gasteiger partial charge in [0.15, 0.2) is 0 Å². The number of nitrogens with zero attached hydrogens (tertiary/aromatic N) is 6. The summed E-state index contributed by atoms with van der Waals surface area (Å²) in [7, 11) is 1.64. The second-order valence-corrected chi connectivity index (χ2v) is 8.02. The zero-order chi connectivity index (χ0) is 24.2. The molecule has 0 amide bonds. The van der Waals surface area contributed by atoms with E-state index >= 15 is 0 Å². The molecule has 0 spiro atoms. The number of benzene rings is 1. The fourth-order valence-corrected chi connectivity index (χ4v) is 4.13. The van der Waals surface area contributed by atoms with Crippen molar-refractivity contribution in [3.05, 3.63) is 91.3 Å². The van der Waals surface area contributed by atoms with E-state index in [-0.39, 0.29) is 5.91 Å². The lowest BCUT2D eigenvalue weighted by molar-refractivity contribution is 0.0941. The summed E-state index contributed by atoms with van der Waals surface area (Å²) in [6.07, 6.45) is 9.35. The van der Waals surface area contributed by atoms with Gasteiger partial charge in [0.2, 0.25) is 5.91 Å². The van der Waals surface area contributed by atoms with Crippen LogP contribution in [-0.4, -0.2) is 44.1 Å². The zero-order valence-corrected chi connectivity index (χ0v) is 19.5. The largest absolute Gasteiger partial charge is 0.497 e. The highest BCUT2D eigenvalue weighted by Gasteiger charge is 2.17. The number of carbonyl (C=O) groups excluding carboxylic acids is 1. The standard InChI is InChI=1S/C27H24N6O2/c1-19(34)33-17-21(23-15-22(35-2)8-9-25(23)33)11-14-32(26-10-13-29-18-30-26)27-7-3-6-24(31-27)20-5-4-12-28-16-20/h3-10,12-13,15-18H,11,14H2,1-2H3. The SMILES string of the molecule is COc1ccc2c(c1)c(CCN(c1ccncn1)c1cccc(-c3cccnc3)n1)cn2C(C)=O. The van der Waals surface area contributed by atoms with E-state index in [0.29, 0.717) is 13.0 Å². The maximum absolute atomic E-state index is 12.3. The summed E-state index contributed by atoms with van der Waals surface area (Å²) in [5, 5.41) is 0.985. The van der Waals surface area contributed by atoms with Crippen LogP contribution in [0.15, 0.2) is 85.7 Å². The van der Waals surface area contributed by atoms with E-state index in [1.807, 2.05) is 60.8 Å². The lowest BCUT2D eigenvalue weighted by Crippen LogP contribution is -2.22. The number of hydrogen-bond acceptors (Lipinski definition) is 7. The molecule has 8 heteroatoms. The first-order chi connectivity index (χ1) is 17.1. The van der Waals surface area contributed by atoms with Crippen LogP contribution in [-0.2, 0) is 6.42 Å². The van der Waals surface area contributed by atoms with Gasteiger partial charge in [-0.2, -0.15) is 0 Å². The smallest absolute Gasteiger partial charge is 0.227 e. The Morgan fingerprint density at radius 3 is 2.69 bits per heavy atom. The molecule has 0 aliphatic heterocycles. The lowest BCUT2D eigenvalue weighted by atomic mass is 10.1. The average molecular weight is 465 g/mol. The molecule has 4 aromatic heterocycles. The molecular weight excluding hydrogens is 440 g/mol. The van der Waals surface area contributed by atoms with E-state index in [1.165, 1.54) is 6.33 Å². The van der Waals surface area contributed by atoms with Crippen molar-refractivity contribution in [2.45, 2.75) is 13.3 Å². The Kier molecular flexibility index (Phi) is 6.17. The predicted molar refractivity (Wildman–Crippen MR) is 135 cm³/mol. The highest BCUT2D eigenvalue weighted by atomic mass is 16.5. The zero-order valence-electron chi connectivity index (χ0n) is 19.5. The molecule has 174 valence electrons. The number of ether oxygens (including phenoxy) is 1. The summed E-state index contributed by atoms with van der Waals surface area (Å²) >= 11 is 0. The number of carbonyl (C=O) groups is 1. The topological polar surface area (TPSA) is 86.0 Å². The van der Waals surface area contributed by atoms with Gasteiger partial charge >= 0.3 is 0 Å². The van der Waals surface area contributed by atoms with Gasteiger partial charge in [0, 0.05) is 49.2 Å².